The SMILES string of the molecule is Cc1ccc(S(=O)(=O)CCC(=O)N2CCN(C)c3nc4ccccc4nc32)cc1. The smallest absolute Gasteiger partial charge is 0.229 e. The van der Waals surface area contributed by atoms with E-state index < -0.39 is 9.84 Å². The number of carbonyl (C=O) groups excluding carboxylic acids is 1. The second-order valence-corrected chi connectivity index (χ2v) is 9.32. The molecule has 4 rings (SSSR count). The summed E-state index contributed by atoms with van der Waals surface area (Å²) in [4.78, 5) is 25.9. The van der Waals surface area contributed by atoms with Gasteiger partial charge in [-0.15, -0.1) is 0 Å². The molecule has 1 aliphatic heterocycles. The average Bonchev–Trinajstić information content (AvgIpc) is 2.72. The highest BCUT2D eigenvalue weighted by molar-refractivity contribution is 7.91. The average molecular weight is 410 g/mol. The molecule has 0 bridgehead atoms. The van der Waals surface area contributed by atoms with Crippen molar-refractivity contribution in [3.05, 3.63) is 54.1 Å². The first-order valence-electron chi connectivity index (χ1n) is 9.43. The number of para-hydroxylation sites is 2. The Morgan fingerprint density at radius 3 is 2.24 bits per heavy atom. The van der Waals surface area contributed by atoms with Gasteiger partial charge in [0, 0.05) is 26.6 Å². The van der Waals surface area contributed by atoms with E-state index in [9.17, 15) is 13.2 Å². The van der Waals surface area contributed by atoms with E-state index in [1.54, 1.807) is 29.2 Å². The lowest BCUT2D eigenvalue weighted by Gasteiger charge is -2.33. The van der Waals surface area contributed by atoms with Crippen molar-refractivity contribution in [3.8, 4) is 0 Å². The molecule has 3 aromatic rings. The minimum Gasteiger partial charge on any atom is -0.355 e. The zero-order valence-corrected chi connectivity index (χ0v) is 17.2. The van der Waals surface area contributed by atoms with Crippen LogP contribution in [-0.4, -0.2) is 50.2 Å². The lowest BCUT2D eigenvalue weighted by Crippen LogP contribution is -2.44. The summed E-state index contributed by atoms with van der Waals surface area (Å²) in [7, 11) is -1.62. The number of hydrogen-bond acceptors (Lipinski definition) is 6. The molecule has 8 heteroatoms. The number of anilines is 2. The molecule has 2 heterocycles. The summed E-state index contributed by atoms with van der Waals surface area (Å²) in [5, 5.41) is 0. The van der Waals surface area contributed by atoms with Crippen molar-refractivity contribution in [2.24, 2.45) is 0 Å². The lowest BCUT2D eigenvalue weighted by molar-refractivity contribution is -0.118. The Kier molecular flexibility index (Phi) is 4.96. The van der Waals surface area contributed by atoms with E-state index in [2.05, 4.69) is 9.97 Å². The number of likely N-dealkylation sites (N-methyl/N-ethyl adjacent to an activating group) is 1. The summed E-state index contributed by atoms with van der Waals surface area (Å²) in [6.07, 6.45) is -0.103. The van der Waals surface area contributed by atoms with Gasteiger partial charge in [0.25, 0.3) is 0 Å². The van der Waals surface area contributed by atoms with E-state index in [4.69, 9.17) is 0 Å². The van der Waals surface area contributed by atoms with Crippen LogP contribution >= 0.6 is 0 Å². The number of fused-ring (bicyclic) bond motifs is 2. The Bertz CT molecular complexity index is 1180. The van der Waals surface area contributed by atoms with Gasteiger partial charge in [-0.1, -0.05) is 29.8 Å². The first-order chi connectivity index (χ1) is 13.8. The number of aryl methyl sites for hydroxylation is 1. The van der Waals surface area contributed by atoms with Crippen LogP contribution in [0.5, 0.6) is 0 Å². The van der Waals surface area contributed by atoms with E-state index in [1.807, 2.05) is 43.1 Å². The van der Waals surface area contributed by atoms with Crippen molar-refractivity contribution in [2.75, 3.05) is 35.7 Å². The van der Waals surface area contributed by atoms with Crippen molar-refractivity contribution in [3.63, 3.8) is 0 Å². The number of hydrogen-bond donors (Lipinski definition) is 0. The van der Waals surface area contributed by atoms with Gasteiger partial charge in [0.1, 0.15) is 0 Å². The molecule has 2 aromatic carbocycles. The second kappa shape index (κ2) is 7.44. The Hall–Kier alpha value is -3.00. The van der Waals surface area contributed by atoms with Crippen molar-refractivity contribution in [1.82, 2.24) is 9.97 Å². The van der Waals surface area contributed by atoms with Crippen LogP contribution in [0.4, 0.5) is 11.6 Å². The molecule has 1 aliphatic rings. The van der Waals surface area contributed by atoms with Gasteiger partial charge in [-0.25, -0.2) is 18.4 Å². The molecule has 0 aliphatic carbocycles. The fourth-order valence-corrected chi connectivity index (χ4v) is 4.57. The van der Waals surface area contributed by atoms with Crippen LogP contribution in [0.2, 0.25) is 0 Å². The number of nitrogens with zero attached hydrogens (tertiary/aromatic N) is 4. The van der Waals surface area contributed by atoms with Crippen molar-refractivity contribution >= 4 is 38.4 Å². The predicted octanol–water partition coefficient (Wildman–Crippen LogP) is 2.59. The standard InChI is InChI=1S/C21H22N4O3S/c1-15-7-9-16(10-8-15)29(27,28)14-11-19(26)25-13-12-24(2)20-21(25)23-18-6-4-3-5-17(18)22-20/h3-10H,11-14H2,1-2H3. The van der Waals surface area contributed by atoms with Gasteiger partial charge in [0.05, 0.1) is 21.7 Å². The third kappa shape index (κ3) is 3.80. The number of amides is 1. The summed E-state index contributed by atoms with van der Waals surface area (Å²) in [5.41, 5.74) is 2.45. The summed E-state index contributed by atoms with van der Waals surface area (Å²) >= 11 is 0. The molecule has 0 saturated carbocycles. The highest BCUT2D eigenvalue weighted by Gasteiger charge is 2.29. The van der Waals surface area contributed by atoms with Gasteiger partial charge in [-0.05, 0) is 31.2 Å². The first kappa shape index (κ1) is 19.3. The Labute approximate surface area is 169 Å². The molecule has 150 valence electrons. The maximum absolute atomic E-state index is 12.9. The van der Waals surface area contributed by atoms with Crippen LogP contribution in [0.1, 0.15) is 12.0 Å². The van der Waals surface area contributed by atoms with Crippen LogP contribution in [0, 0.1) is 6.92 Å². The molecule has 0 fully saturated rings. The number of benzene rings is 2. The third-order valence-corrected chi connectivity index (χ3v) is 6.81. The molecule has 0 radical (unpaired) electrons. The van der Waals surface area contributed by atoms with Gasteiger partial charge in [0.15, 0.2) is 21.5 Å². The first-order valence-corrected chi connectivity index (χ1v) is 11.1. The molecular weight excluding hydrogens is 388 g/mol. The highest BCUT2D eigenvalue weighted by atomic mass is 32.2. The minimum atomic E-state index is -3.53. The molecule has 0 spiro atoms. The zero-order chi connectivity index (χ0) is 20.6. The van der Waals surface area contributed by atoms with Crippen molar-refractivity contribution < 1.29 is 13.2 Å². The van der Waals surface area contributed by atoms with E-state index in [0.717, 1.165) is 11.1 Å². The number of sulfone groups is 1. The van der Waals surface area contributed by atoms with Gasteiger partial charge < -0.3 is 4.90 Å². The zero-order valence-electron chi connectivity index (χ0n) is 16.4. The molecule has 1 amide bonds. The normalized spacial score (nSPS) is 14.1. The van der Waals surface area contributed by atoms with Crippen LogP contribution < -0.4 is 9.80 Å². The van der Waals surface area contributed by atoms with E-state index >= 15 is 0 Å². The summed E-state index contributed by atoms with van der Waals surface area (Å²) < 4.78 is 25.2. The Morgan fingerprint density at radius 2 is 1.59 bits per heavy atom. The van der Waals surface area contributed by atoms with Crippen LogP contribution in [0.3, 0.4) is 0 Å². The maximum Gasteiger partial charge on any atom is 0.229 e. The summed E-state index contributed by atoms with van der Waals surface area (Å²) in [5.74, 6) is 0.608. The summed E-state index contributed by atoms with van der Waals surface area (Å²) in [6, 6.07) is 14.2. The van der Waals surface area contributed by atoms with Gasteiger partial charge in [-0.3, -0.25) is 9.69 Å². The monoisotopic (exact) mass is 410 g/mol. The molecule has 29 heavy (non-hydrogen) atoms. The largest absolute Gasteiger partial charge is 0.355 e. The topological polar surface area (TPSA) is 83.5 Å². The fourth-order valence-electron chi connectivity index (χ4n) is 3.34. The Morgan fingerprint density at radius 1 is 0.966 bits per heavy atom. The van der Waals surface area contributed by atoms with Crippen LogP contribution in [-0.2, 0) is 14.6 Å². The van der Waals surface area contributed by atoms with E-state index in [0.29, 0.717) is 30.2 Å². The summed E-state index contributed by atoms with van der Waals surface area (Å²) in [6.45, 7) is 2.95. The molecule has 0 atom stereocenters. The third-order valence-electron chi connectivity index (χ3n) is 5.08. The fraction of sp³-hybridized carbons (Fsp3) is 0.286. The van der Waals surface area contributed by atoms with E-state index in [1.165, 1.54) is 0 Å². The van der Waals surface area contributed by atoms with E-state index in [-0.39, 0.29) is 23.0 Å². The number of aromatic nitrogens is 2. The number of carbonyl (C=O) groups is 1. The second-order valence-electron chi connectivity index (χ2n) is 7.21. The van der Waals surface area contributed by atoms with Gasteiger partial charge >= 0.3 is 0 Å². The van der Waals surface area contributed by atoms with Crippen LogP contribution in [0.25, 0.3) is 11.0 Å². The van der Waals surface area contributed by atoms with Crippen LogP contribution in [0.15, 0.2) is 53.4 Å². The molecule has 1 aromatic heterocycles. The van der Waals surface area contributed by atoms with Gasteiger partial charge in [-0.2, -0.15) is 0 Å². The minimum absolute atomic E-state index is 0.103. The molecule has 0 unspecified atom stereocenters. The molecule has 0 saturated heterocycles. The predicted molar refractivity (Wildman–Crippen MR) is 113 cm³/mol. The van der Waals surface area contributed by atoms with Gasteiger partial charge in [0.2, 0.25) is 5.91 Å². The lowest BCUT2D eigenvalue weighted by atomic mass is 10.2. The molecular formula is C21H22N4O3S. The Balaban J connectivity index is 1.57. The quantitative estimate of drug-likeness (QED) is 0.657. The molecule has 0 N–H and O–H groups in total. The number of rotatable bonds is 4. The van der Waals surface area contributed by atoms with Crippen molar-refractivity contribution in [2.45, 2.75) is 18.2 Å². The highest BCUT2D eigenvalue weighted by Crippen LogP contribution is 2.31. The van der Waals surface area contributed by atoms with Crippen molar-refractivity contribution in [1.29, 1.82) is 0 Å². The molecule has 7 nitrogen and oxygen atoms in total. The maximum atomic E-state index is 12.9.